The van der Waals surface area contributed by atoms with Crippen molar-refractivity contribution in [3.8, 4) is 12.1 Å². The van der Waals surface area contributed by atoms with Crippen LogP contribution in [0.25, 0.3) is 10.2 Å². The van der Waals surface area contributed by atoms with E-state index in [1.807, 2.05) is 0 Å². The summed E-state index contributed by atoms with van der Waals surface area (Å²) >= 11 is 1.68. The molecule has 31 heavy (non-hydrogen) atoms. The predicted octanol–water partition coefficient (Wildman–Crippen LogP) is 2.93. The number of nitriles is 2. The van der Waals surface area contributed by atoms with Crippen molar-refractivity contribution >= 4 is 27.2 Å². The molecule has 0 spiro atoms. The first-order chi connectivity index (χ1) is 15.2. The van der Waals surface area contributed by atoms with Crippen LogP contribution in [-0.4, -0.2) is 41.0 Å². The quantitative estimate of drug-likeness (QED) is 0.686. The van der Waals surface area contributed by atoms with Crippen LogP contribution in [0.5, 0.6) is 0 Å². The molecule has 1 N–H and O–H groups in total. The van der Waals surface area contributed by atoms with Crippen LogP contribution < -0.4 is 10.5 Å². The van der Waals surface area contributed by atoms with Gasteiger partial charge in [0, 0.05) is 31.1 Å². The lowest BCUT2D eigenvalue weighted by Gasteiger charge is -2.36. The smallest absolute Gasteiger partial charge is 0.259 e. The van der Waals surface area contributed by atoms with Gasteiger partial charge in [0.05, 0.1) is 28.7 Å². The van der Waals surface area contributed by atoms with E-state index in [4.69, 9.17) is 4.98 Å². The second-order valence-electron chi connectivity index (χ2n) is 8.09. The lowest BCUT2D eigenvalue weighted by molar-refractivity contribution is 0.244. The van der Waals surface area contributed by atoms with Gasteiger partial charge in [-0.1, -0.05) is 6.07 Å². The molecule has 8 heteroatoms. The number of hydrogen-bond acceptors (Lipinski definition) is 7. The summed E-state index contributed by atoms with van der Waals surface area (Å²) in [4.78, 5) is 27.1. The summed E-state index contributed by atoms with van der Waals surface area (Å²) in [5.74, 6) is 0.708. The van der Waals surface area contributed by atoms with Crippen molar-refractivity contribution in [2.75, 3.05) is 31.1 Å². The number of para-hydroxylation sites is 1. The monoisotopic (exact) mass is 430 g/mol. The molecule has 156 valence electrons. The number of piperazine rings is 1. The average Bonchev–Trinajstić information content (AvgIpc) is 3.18. The molecule has 1 aromatic carbocycles. The highest BCUT2D eigenvalue weighted by molar-refractivity contribution is 7.18. The molecule has 0 unspecified atom stereocenters. The lowest BCUT2D eigenvalue weighted by atomic mass is 9.97. The summed E-state index contributed by atoms with van der Waals surface area (Å²) < 4.78 is 0. The Balaban J connectivity index is 1.33. The van der Waals surface area contributed by atoms with Crippen molar-refractivity contribution in [1.29, 1.82) is 10.5 Å². The number of nitrogens with one attached hydrogen (secondary N) is 1. The van der Waals surface area contributed by atoms with Crippen molar-refractivity contribution in [3.05, 3.63) is 55.9 Å². The van der Waals surface area contributed by atoms with Gasteiger partial charge < -0.3 is 9.88 Å². The highest BCUT2D eigenvalue weighted by atomic mass is 32.1. The second-order valence-corrected chi connectivity index (χ2v) is 9.18. The molecule has 2 aromatic heterocycles. The number of benzene rings is 1. The minimum Gasteiger partial charge on any atom is -0.367 e. The van der Waals surface area contributed by atoms with Gasteiger partial charge >= 0.3 is 0 Å². The van der Waals surface area contributed by atoms with Crippen LogP contribution in [0.1, 0.15) is 40.2 Å². The molecular weight excluding hydrogens is 408 g/mol. The van der Waals surface area contributed by atoms with Crippen molar-refractivity contribution in [2.45, 2.75) is 32.2 Å². The third kappa shape index (κ3) is 3.59. The Morgan fingerprint density at radius 1 is 1.06 bits per heavy atom. The Labute approximate surface area is 184 Å². The fraction of sp³-hybridized carbons (Fsp3) is 0.391. The molecule has 0 saturated carbocycles. The summed E-state index contributed by atoms with van der Waals surface area (Å²) in [6.45, 7) is 3.56. The van der Waals surface area contributed by atoms with Crippen LogP contribution in [0, 0.1) is 22.7 Å². The first-order valence-corrected chi connectivity index (χ1v) is 11.4. The van der Waals surface area contributed by atoms with Gasteiger partial charge in [0.15, 0.2) is 0 Å². The Bertz CT molecular complexity index is 1250. The molecule has 3 heterocycles. The zero-order valence-electron chi connectivity index (χ0n) is 17.1. The summed E-state index contributed by atoms with van der Waals surface area (Å²) in [7, 11) is 0. The van der Waals surface area contributed by atoms with E-state index in [1.54, 1.807) is 29.5 Å². The Hall–Kier alpha value is -3.20. The Morgan fingerprint density at radius 3 is 2.48 bits per heavy atom. The van der Waals surface area contributed by atoms with Gasteiger partial charge in [-0.25, -0.2) is 4.98 Å². The highest BCUT2D eigenvalue weighted by Gasteiger charge is 2.24. The molecule has 3 aromatic rings. The number of thiophene rings is 1. The number of H-pyrrole nitrogens is 1. The Kier molecular flexibility index (Phi) is 5.19. The predicted molar refractivity (Wildman–Crippen MR) is 120 cm³/mol. The molecule has 0 bridgehead atoms. The number of aryl methyl sites for hydroxylation is 2. The maximum atomic E-state index is 12.8. The Morgan fingerprint density at radius 2 is 1.77 bits per heavy atom. The van der Waals surface area contributed by atoms with Crippen molar-refractivity contribution in [1.82, 2.24) is 14.9 Å². The van der Waals surface area contributed by atoms with Gasteiger partial charge in [-0.05, 0) is 43.4 Å². The fourth-order valence-corrected chi connectivity index (χ4v) is 5.97. The van der Waals surface area contributed by atoms with Crippen molar-refractivity contribution < 1.29 is 0 Å². The lowest BCUT2D eigenvalue weighted by Crippen LogP contribution is -2.46. The van der Waals surface area contributed by atoms with Gasteiger partial charge in [-0.15, -0.1) is 11.3 Å². The van der Waals surface area contributed by atoms with Gasteiger partial charge in [0.1, 0.15) is 22.8 Å². The minimum absolute atomic E-state index is 0.0142. The van der Waals surface area contributed by atoms with Gasteiger partial charge in [0.25, 0.3) is 5.56 Å². The van der Waals surface area contributed by atoms with E-state index in [1.165, 1.54) is 16.9 Å². The fourth-order valence-electron chi connectivity index (χ4n) is 4.69. The SMILES string of the molecule is N#Cc1cccc(C#N)c1N1CCN(Cc2nc3sc4c(c3c(=O)[nH]2)CCCC4)CC1. The van der Waals surface area contributed by atoms with Crippen molar-refractivity contribution in [3.63, 3.8) is 0 Å². The maximum absolute atomic E-state index is 12.8. The summed E-state index contributed by atoms with van der Waals surface area (Å²) in [5.41, 5.74) is 2.99. The molecule has 2 aliphatic rings. The van der Waals surface area contributed by atoms with E-state index in [0.29, 0.717) is 36.6 Å². The van der Waals surface area contributed by atoms with Crippen LogP contribution >= 0.6 is 11.3 Å². The molecule has 7 nitrogen and oxygen atoms in total. The molecule has 1 aliphatic carbocycles. The zero-order valence-corrected chi connectivity index (χ0v) is 18.0. The van der Waals surface area contributed by atoms with Crippen LogP contribution in [0.3, 0.4) is 0 Å². The molecular formula is C23H22N6OS. The number of hydrogen-bond donors (Lipinski definition) is 1. The minimum atomic E-state index is -0.0142. The third-order valence-electron chi connectivity index (χ3n) is 6.21. The molecule has 1 fully saturated rings. The standard InChI is InChI=1S/C23H22N6OS/c24-12-15-4-3-5-16(13-25)21(15)29-10-8-28(9-11-29)14-19-26-22(30)20-17-6-1-2-7-18(17)31-23(20)27-19/h3-5H,1-2,6-11,14H2,(H,26,27,30). The highest BCUT2D eigenvalue weighted by Crippen LogP contribution is 2.33. The normalized spacial score (nSPS) is 16.6. The molecule has 1 aliphatic heterocycles. The number of anilines is 1. The molecule has 1 saturated heterocycles. The van der Waals surface area contributed by atoms with Crippen LogP contribution in [-0.2, 0) is 19.4 Å². The number of aromatic amines is 1. The number of nitrogens with zero attached hydrogens (tertiary/aromatic N) is 5. The molecule has 0 atom stereocenters. The summed E-state index contributed by atoms with van der Waals surface area (Å²) in [5, 5.41) is 19.7. The second kappa shape index (κ2) is 8.14. The number of rotatable bonds is 3. The van der Waals surface area contributed by atoms with Crippen LogP contribution in [0.2, 0.25) is 0 Å². The van der Waals surface area contributed by atoms with Crippen LogP contribution in [0.4, 0.5) is 5.69 Å². The largest absolute Gasteiger partial charge is 0.367 e. The molecule has 0 radical (unpaired) electrons. The van der Waals surface area contributed by atoms with E-state index < -0.39 is 0 Å². The summed E-state index contributed by atoms with van der Waals surface area (Å²) in [6, 6.07) is 9.68. The first kappa shape index (κ1) is 19.7. The zero-order chi connectivity index (χ0) is 21.4. The van der Waals surface area contributed by atoms with E-state index in [-0.39, 0.29) is 5.56 Å². The van der Waals surface area contributed by atoms with E-state index in [9.17, 15) is 15.3 Å². The summed E-state index contributed by atoms with van der Waals surface area (Å²) in [6.07, 6.45) is 4.38. The van der Waals surface area contributed by atoms with E-state index in [0.717, 1.165) is 48.3 Å². The van der Waals surface area contributed by atoms with Crippen LogP contribution in [0.15, 0.2) is 23.0 Å². The number of fused-ring (bicyclic) bond motifs is 3. The van der Waals surface area contributed by atoms with Gasteiger partial charge in [-0.3, -0.25) is 9.69 Å². The first-order valence-electron chi connectivity index (χ1n) is 10.6. The van der Waals surface area contributed by atoms with E-state index in [2.05, 4.69) is 26.9 Å². The van der Waals surface area contributed by atoms with Gasteiger partial charge in [0.2, 0.25) is 0 Å². The van der Waals surface area contributed by atoms with Crippen molar-refractivity contribution in [2.24, 2.45) is 0 Å². The number of aromatic nitrogens is 2. The van der Waals surface area contributed by atoms with E-state index >= 15 is 0 Å². The third-order valence-corrected chi connectivity index (χ3v) is 7.40. The maximum Gasteiger partial charge on any atom is 0.259 e. The topological polar surface area (TPSA) is 99.8 Å². The molecule has 0 amide bonds. The average molecular weight is 431 g/mol. The molecule has 5 rings (SSSR count). The van der Waals surface area contributed by atoms with Gasteiger partial charge in [-0.2, -0.15) is 10.5 Å².